The first-order chi connectivity index (χ1) is 8.13. The van der Waals surface area contributed by atoms with Gasteiger partial charge in [0.05, 0.1) is 5.92 Å². The van der Waals surface area contributed by atoms with E-state index in [1.54, 1.807) is 18.7 Å². The average Bonchev–Trinajstić information content (AvgIpc) is 2.36. The molecule has 17 heavy (non-hydrogen) atoms. The van der Waals surface area contributed by atoms with Crippen LogP contribution in [0.3, 0.4) is 0 Å². The molecule has 0 amide bonds. The van der Waals surface area contributed by atoms with Crippen molar-refractivity contribution < 1.29 is 9.90 Å². The van der Waals surface area contributed by atoms with Gasteiger partial charge in [-0.1, -0.05) is 30.3 Å². The summed E-state index contributed by atoms with van der Waals surface area (Å²) < 4.78 is 0. The van der Waals surface area contributed by atoms with Crippen molar-refractivity contribution in [1.29, 1.82) is 0 Å². The lowest BCUT2D eigenvalue weighted by Crippen LogP contribution is -2.07. The molecular weight excluding hydrogens is 232 g/mol. The van der Waals surface area contributed by atoms with Gasteiger partial charge in [-0.3, -0.25) is 4.79 Å². The van der Waals surface area contributed by atoms with Crippen LogP contribution in [0.2, 0.25) is 0 Å². The second kappa shape index (κ2) is 4.80. The summed E-state index contributed by atoms with van der Waals surface area (Å²) >= 11 is 1.65. The molecule has 1 atom stereocenters. The van der Waals surface area contributed by atoms with Gasteiger partial charge in [-0.25, -0.2) is 0 Å². The van der Waals surface area contributed by atoms with Crippen molar-refractivity contribution in [3.05, 3.63) is 42.0 Å². The molecule has 0 bridgehead atoms. The van der Waals surface area contributed by atoms with Crippen LogP contribution < -0.4 is 0 Å². The molecule has 0 spiro atoms. The van der Waals surface area contributed by atoms with Crippen LogP contribution in [0.15, 0.2) is 41.3 Å². The van der Waals surface area contributed by atoms with Gasteiger partial charge in [0.25, 0.3) is 0 Å². The molecule has 0 aromatic heterocycles. The van der Waals surface area contributed by atoms with Gasteiger partial charge < -0.3 is 5.11 Å². The van der Waals surface area contributed by atoms with E-state index >= 15 is 0 Å². The summed E-state index contributed by atoms with van der Waals surface area (Å²) in [5.41, 5.74) is 0.862. The van der Waals surface area contributed by atoms with E-state index in [9.17, 15) is 4.79 Å². The first kappa shape index (κ1) is 12.0. The van der Waals surface area contributed by atoms with Crippen molar-refractivity contribution in [2.24, 2.45) is 0 Å². The van der Waals surface area contributed by atoms with Crippen LogP contribution >= 0.6 is 11.8 Å². The number of carboxylic acid groups (broad SMARTS) is 1. The topological polar surface area (TPSA) is 37.3 Å². The molecule has 2 aromatic rings. The second-order valence-corrected chi connectivity index (χ2v) is 4.85. The molecule has 0 radical (unpaired) electrons. The Labute approximate surface area is 105 Å². The lowest BCUT2D eigenvalue weighted by atomic mass is 9.98. The van der Waals surface area contributed by atoms with Crippen molar-refractivity contribution in [3.63, 3.8) is 0 Å². The fourth-order valence-electron chi connectivity index (χ4n) is 1.86. The molecule has 2 rings (SSSR count). The zero-order chi connectivity index (χ0) is 12.4. The van der Waals surface area contributed by atoms with Crippen LogP contribution in [0.5, 0.6) is 0 Å². The zero-order valence-corrected chi connectivity index (χ0v) is 10.6. The monoisotopic (exact) mass is 246 g/mol. The minimum absolute atomic E-state index is 0.467. The lowest BCUT2D eigenvalue weighted by molar-refractivity contribution is -0.138. The van der Waals surface area contributed by atoms with Crippen LogP contribution in [-0.2, 0) is 4.79 Å². The summed E-state index contributed by atoms with van der Waals surface area (Å²) in [6.45, 7) is 1.72. The maximum Gasteiger partial charge on any atom is 0.310 e. The third-order valence-electron chi connectivity index (χ3n) is 2.94. The highest BCUT2D eigenvalue weighted by Gasteiger charge is 2.15. The van der Waals surface area contributed by atoms with Gasteiger partial charge in [-0.05, 0) is 35.6 Å². The van der Waals surface area contributed by atoms with E-state index in [1.165, 1.54) is 5.39 Å². The van der Waals surface area contributed by atoms with Crippen molar-refractivity contribution in [2.45, 2.75) is 17.7 Å². The van der Waals surface area contributed by atoms with Gasteiger partial charge in [0, 0.05) is 4.90 Å². The zero-order valence-electron chi connectivity index (χ0n) is 9.81. The number of fused-ring (bicyclic) bond motifs is 1. The van der Waals surface area contributed by atoms with Gasteiger partial charge in [-0.15, -0.1) is 11.8 Å². The highest BCUT2D eigenvalue weighted by atomic mass is 32.2. The summed E-state index contributed by atoms with van der Waals surface area (Å²) in [7, 11) is 0. The second-order valence-electron chi connectivity index (χ2n) is 4.00. The molecule has 0 saturated heterocycles. The smallest absolute Gasteiger partial charge is 0.310 e. The van der Waals surface area contributed by atoms with E-state index in [0.29, 0.717) is 0 Å². The fraction of sp³-hybridized carbons (Fsp3) is 0.214. The number of carboxylic acids is 1. The fourth-order valence-corrected chi connectivity index (χ4v) is 2.52. The molecule has 0 aliphatic carbocycles. The molecule has 1 unspecified atom stereocenters. The van der Waals surface area contributed by atoms with Gasteiger partial charge in [0.1, 0.15) is 0 Å². The molecule has 3 heteroatoms. The van der Waals surface area contributed by atoms with Gasteiger partial charge in [0.15, 0.2) is 0 Å². The van der Waals surface area contributed by atoms with E-state index < -0.39 is 11.9 Å². The first-order valence-corrected chi connectivity index (χ1v) is 6.65. The third-order valence-corrected chi connectivity index (χ3v) is 3.71. The van der Waals surface area contributed by atoms with E-state index in [2.05, 4.69) is 6.07 Å². The summed E-state index contributed by atoms with van der Waals surface area (Å²) in [4.78, 5) is 12.2. The molecule has 0 aliphatic heterocycles. The number of hydrogen-bond acceptors (Lipinski definition) is 2. The maximum atomic E-state index is 11.0. The SMILES string of the molecule is CSc1cc(C(C)C(=O)O)cc2ccccc12. The molecule has 1 N–H and O–H groups in total. The quantitative estimate of drug-likeness (QED) is 0.838. The number of rotatable bonds is 3. The van der Waals surface area contributed by atoms with E-state index in [4.69, 9.17) is 5.11 Å². The molecule has 2 nitrogen and oxygen atoms in total. The molecule has 88 valence electrons. The van der Waals surface area contributed by atoms with Crippen LogP contribution in [0, 0.1) is 0 Å². The highest BCUT2D eigenvalue weighted by Crippen LogP contribution is 2.30. The van der Waals surface area contributed by atoms with E-state index in [0.717, 1.165) is 15.8 Å². The predicted molar refractivity (Wildman–Crippen MR) is 71.8 cm³/mol. The lowest BCUT2D eigenvalue weighted by Gasteiger charge is -2.11. The van der Waals surface area contributed by atoms with Crippen LogP contribution in [0.25, 0.3) is 10.8 Å². The number of aliphatic carboxylic acids is 1. The summed E-state index contributed by atoms with van der Waals surface area (Å²) in [6.07, 6.45) is 2.01. The van der Waals surface area contributed by atoms with Gasteiger partial charge in [0.2, 0.25) is 0 Å². The summed E-state index contributed by atoms with van der Waals surface area (Å²) in [5.74, 6) is -1.25. The van der Waals surface area contributed by atoms with E-state index in [-0.39, 0.29) is 0 Å². The number of carbonyl (C=O) groups is 1. The van der Waals surface area contributed by atoms with Crippen molar-refractivity contribution in [2.75, 3.05) is 6.26 Å². The Kier molecular flexibility index (Phi) is 3.38. The Hall–Kier alpha value is -1.48. The van der Waals surface area contributed by atoms with Crippen molar-refractivity contribution >= 4 is 28.5 Å². The molecule has 0 aliphatic rings. The first-order valence-electron chi connectivity index (χ1n) is 5.43. The minimum atomic E-state index is -0.785. The molecule has 0 fully saturated rings. The predicted octanol–water partition coefficient (Wildman–Crippen LogP) is 3.75. The Morgan fingerprint density at radius 2 is 2.00 bits per heavy atom. The Bertz CT molecular complexity index is 563. The van der Waals surface area contributed by atoms with Gasteiger partial charge >= 0.3 is 5.97 Å². The van der Waals surface area contributed by atoms with Gasteiger partial charge in [-0.2, -0.15) is 0 Å². The van der Waals surface area contributed by atoms with Crippen molar-refractivity contribution in [1.82, 2.24) is 0 Å². The Morgan fingerprint density at radius 1 is 1.29 bits per heavy atom. The number of thioether (sulfide) groups is 1. The highest BCUT2D eigenvalue weighted by molar-refractivity contribution is 7.98. The standard InChI is InChI=1S/C14H14O2S/c1-9(14(15)16)11-7-10-5-3-4-6-12(10)13(8-11)17-2/h3-9H,1-2H3,(H,15,16). The molecule has 0 heterocycles. The Morgan fingerprint density at radius 3 is 2.65 bits per heavy atom. The molecular formula is C14H14O2S. The molecule has 2 aromatic carbocycles. The Balaban J connectivity index is 2.64. The minimum Gasteiger partial charge on any atom is -0.481 e. The van der Waals surface area contributed by atoms with Crippen LogP contribution in [0.1, 0.15) is 18.4 Å². The van der Waals surface area contributed by atoms with Crippen LogP contribution in [-0.4, -0.2) is 17.3 Å². The number of benzene rings is 2. The average molecular weight is 246 g/mol. The van der Waals surface area contributed by atoms with Crippen LogP contribution in [0.4, 0.5) is 0 Å². The molecule has 0 saturated carbocycles. The van der Waals surface area contributed by atoms with Crippen molar-refractivity contribution in [3.8, 4) is 0 Å². The van der Waals surface area contributed by atoms with E-state index in [1.807, 2.05) is 36.6 Å². The largest absolute Gasteiger partial charge is 0.481 e. The number of hydrogen-bond donors (Lipinski definition) is 1. The maximum absolute atomic E-state index is 11.0. The third kappa shape index (κ3) is 2.29. The summed E-state index contributed by atoms with van der Waals surface area (Å²) in [6, 6.07) is 12.0. The normalized spacial score (nSPS) is 12.6. The summed E-state index contributed by atoms with van der Waals surface area (Å²) in [5, 5.41) is 11.3.